The van der Waals surface area contributed by atoms with Gasteiger partial charge in [0.1, 0.15) is 5.78 Å². The Hall–Kier alpha value is -1.17. The van der Waals surface area contributed by atoms with E-state index in [9.17, 15) is 9.59 Å². The Balaban J connectivity index is 1.41. The van der Waals surface area contributed by atoms with E-state index in [1.165, 1.54) is 12.0 Å². The molecule has 0 amide bonds. The Morgan fingerprint density at radius 2 is 1.93 bits per heavy atom. The highest BCUT2D eigenvalue weighted by Gasteiger charge is 2.42. The molecule has 0 unspecified atom stereocenters. The summed E-state index contributed by atoms with van der Waals surface area (Å²) in [6.45, 7) is 7.82. The van der Waals surface area contributed by atoms with Crippen LogP contribution in [0.15, 0.2) is 24.3 Å². The van der Waals surface area contributed by atoms with Gasteiger partial charge in [0.25, 0.3) is 0 Å². The Labute approximate surface area is 174 Å². The van der Waals surface area contributed by atoms with Crippen LogP contribution in [0.25, 0.3) is 0 Å². The molecule has 2 heterocycles. The zero-order chi connectivity index (χ0) is 20.1. The Morgan fingerprint density at radius 1 is 1.18 bits per heavy atom. The van der Waals surface area contributed by atoms with Gasteiger partial charge >= 0.3 is 0 Å². The number of Topliss-reactive ketones (excluding diaryl/α,β-unsaturated/α-hetero) is 2. The van der Waals surface area contributed by atoms with Gasteiger partial charge in [-0.05, 0) is 49.4 Å². The van der Waals surface area contributed by atoms with Gasteiger partial charge in [-0.25, -0.2) is 0 Å². The van der Waals surface area contributed by atoms with Crippen molar-refractivity contribution in [3.05, 3.63) is 35.4 Å². The molecule has 2 atom stereocenters. The summed E-state index contributed by atoms with van der Waals surface area (Å²) in [6, 6.07) is 9.33. The molecule has 1 aromatic rings. The lowest BCUT2D eigenvalue weighted by molar-refractivity contribution is -0.120. The standard InChI is InChI=1S/C23H34N2O2S/c1-17(2)23(27)19-8-4-6-18(12-19)7-5-10-24-14-21-13-20(24)15-25(21)16-22(26)9-11-28-3/h4,6,8,12,17,20-21H,5,7,9-11,13-16H2,1-3H3/t20-,21-/m0/s1. The number of fused-ring (bicyclic) bond motifs is 2. The Bertz CT molecular complexity index is 691. The van der Waals surface area contributed by atoms with Crippen molar-refractivity contribution < 1.29 is 9.59 Å². The summed E-state index contributed by atoms with van der Waals surface area (Å²) >= 11 is 1.75. The molecule has 2 saturated heterocycles. The smallest absolute Gasteiger partial charge is 0.165 e. The first-order valence-electron chi connectivity index (χ1n) is 10.6. The zero-order valence-electron chi connectivity index (χ0n) is 17.5. The van der Waals surface area contributed by atoms with Crippen LogP contribution in [0.1, 0.15) is 49.0 Å². The number of aryl methyl sites for hydroxylation is 1. The molecule has 0 spiro atoms. The van der Waals surface area contributed by atoms with E-state index in [1.807, 2.05) is 26.0 Å². The van der Waals surface area contributed by atoms with E-state index in [4.69, 9.17) is 0 Å². The van der Waals surface area contributed by atoms with Crippen molar-refractivity contribution in [2.24, 2.45) is 5.92 Å². The van der Waals surface area contributed by atoms with Crippen LogP contribution < -0.4 is 0 Å². The minimum atomic E-state index is 0.0472. The molecular weight excluding hydrogens is 368 g/mol. The van der Waals surface area contributed by atoms with Crippen molar-refractivity contribution in [3.63, 3.8) is 0 Å². The monoisotopic (exact) mass is 402 g/mol. The molecule has 0 saturated carbocycles. The molecule has 2 aliphatic heterocycles. The van der Waals surface area contributed by atoms with Crippen molar-refractivity contribution >= 4 is 23.3 Å². The summed E-state index contributed by atoms with van der Waals surface area (Å²) in [5, 5.41) is 0. The lowest BCUT2D eigenvalue weighted by atomic mass is 9.98. The Kier molecular flexibility index (Phi) is 7.72. The van der Waals surface area contributed by atoms with Gasteiger partial charge in [0.2, 0.25) is 0 Å². The molecule has 0 N–H and O–H groups in total. The molecule has 0 radical (unpaired) electrons. The maximum Gasteiger partial charge on any atom is 0.165 e. The summed E-state index contributed by atoms with van der Waals surface area (Å²) in [4.78, 5) is 29.3. The van der Waals surface area contributed by atoms with E-state index >= 15 is 0 Å². The van der Waals surface area contributed by atoms with Crippen LogP contribution in [-0.4, -0.2) is 71.6 Å². The summed E-state index contributed by atoms with van der Waals surface area (Å²) < 4.78 is 0. The zero-order valence-corrected chi connectivity index (χ0v) is 18.3. The highest BCUT2D eigenvalue weighted by atomic mass is 32.2. The number of ketones is 2. The maximum absolute atomic E-state index is 12.2. The molecule has 0 aromatic heterocycles. The molecule has 4 nitrogen and oxygen atoms in total. The summed E-state index contributed by atoms with van der Waals surface area (Å²) in [7, 11) is 0. The molecule has 2 bridgehead atoms. The normalized spacial score (nSPS) is 22.3. The van der Waals surface area contributed by atoms with Crippen molar-refractivity contribution in [3.8, 4) is 0 Å². The van der Waals surface area contributed by atoms with Gasteiger partial charge in [-0.15, -0.1) is 0 Å². The highest BCUT2D eigenvalue weighted by molar-refractivity contribution is 7.98. The van der Waals surface area contributed by atoms with E-state index < -0.39 is 0 Å². The lowest BCUT2D eigenvalue weighted by Crippen LogP contribution is -2.48. The van der Waals surface area contributed by atoms with Crippen molar-refractivity contribution in [1.29, 1.82) is 0 Å². The van der Waals surface area contributed by atoms with Gasteiger partial charge in [0.05, 0.1) is 6.54 Å². The van der Waals surface area contributed by atoms with Crippen LogP contribution in [0.4, 0.5) is 0 Å². The number of rotatable bonds is 11. The molecule has 28 heavy (non-hydrogen) atoms. The molecular formula is C23H34N2O2S. The van der Waals surface area contributed by atoms with E-state index in [-0.39, 0.29) is 11.7 Å². The Morgan fingerprint density at radius 3 is 2.61 bits per heavy atom. The van der Waals surface area contributed by atoms with Gasteiger partial charge in [0.15, 0.2) is 5.78 Å². The molecule has 0 aliphatic carbocycles. The summed E-state index contributed by atoms with van der Waals surface area (Å²) in [5.74, 6) is 1.61. The number of nitrogens with zero attached hydrogens (tertiary/aromatic N) is 2. The second kappa shape index (κ2) is 10.0. The highest BCUT2D eigenvalue weighted by Crippen LogP contribution is 2.30. The number of carbonyl (C=O) groups is 2. The third kappa shape index (κ3) is 5.46. The molecule has 3 rings (SSSR count). The van der Waals surface area contributed by atoms with Crippen LogP contribution in [0, 0.1) is 5.92 Å². The number of hydrogen-bond donors (Lipinski definition) is 0. The van der Waals surface area contributed by atoms with Crippen LogP contribution in [-0.2, 0) is 11.2 Å². The maximum atomic E-state index is 12.2. The van der Waals surface area contributed by atoms with E-state index in [1.54, 1.807) is 11.8 Å². The van der Waals surface area contributed by atoms with Crippen LogP contribution in [0.3, 0.4) is 0 Å². The van der Waals surface area contributed by atoms with Gasteiger partial charge in [0, 0.05) is 43.1 Å². The van der Waals surface area contributed by atoms with Gasteiger partial charge in [-0.3, -0.25) is 19.4 Å². The largest absolute Gasteiger partial charge is 0.298 e. The SMILES string of the molecule is CSCCC(=O)CN1C[C@@H]2C[C@H]1CN2CCCc1cccc(C(=O)C(C)C)c1. The number of carbonyl (C=O) groups excluding carboxylic acids is 2. The average Bonchev–Trinajstić information content (AvgIpc) is 3.26. The summed E-state index contributed by atoms with van der Waals surface area (Å²) in [5.41, 5.74) is 2.10. The lowest BCUT2D eigenvalue weighted by Gasteiger charge is -2.33. The summed E-state index contributed by atoms with van der Waals surface area (Å²) in [6.07, 6.45) is 6.12. The molecule has 2 fully saturated rings. The fourth-order valence-corrected chi connectivity index (χ4v) is 4.95. The molecule has 1 aromatic carbocycles. The predicted molar refractivity (Wildman–Crippen MR) is 117 cm³/mol. The van der Waals surface area contributed by atoms with Crippen LogP contribution in [0.2, 0.25) is 0 Å². The fourth-order valence-electron chi connectivity index (χ4n) is 4.52. The first kappa shape index (κ1) is 21.5. The minimum absolute atomic E-state index is 0.0472. The molecule has 5 heteroatoms. The first-order valence-corrected chi connectivity index (χ1v) is 12.0. The topological polar surface area (TPSA) is 40.6 Å². The van der Waals surface area contributed by atoms with E-state index in [0.717, 1.165) is 43.8 Å². The number of hydrogen-bond acceptors (Lipinski definition) is 5. The predicted octanol–water partition coefficient (Wildman–Crippen LogP) is 3.54. The van der Waals surface area contributed by atoms with Gasteiger partial charge < -0.3 is 0 Å². The molecule has 154 valence electrons. The van der Waals surface area contributed by atoms with Crippen LogP contribution in [0.5, 0.6) is 0 Å². The number of likely N-dealkylation sites (tertiary alicyclic amines) is 2. The molecule has 2 aliphatic rings. The van der Waals surface area contributed by atoms with Crippen molar-refractivity contribution in [2.75, 3.05) is 38.2 Å². The average molecular weight is 403 g/mol. The fraction of sp³-hybridized carbons (Fsp3) is 0.652. The number of thioether (sulfide) groups is 1. The third-order valence-corrected chi connectivity index (χ3v) is 6.69. The number of piperazine rings is 1. The second-order valence-corrected chi connectivity index (χ2v) is 9.56. The second-order valence-electron chi connectivity index (χ2n) is 8.57. The number of benzene rings is 1. The van der Waals surface area contributed by atoms with Gasteiger partial charge in [-0.1, -0.05) is 32.0 Å². The van der Waals surface area contributed by atoms with Crippen LogP contribution >= 0.6 is 11.8 Å². The van der Waals surface area contributed by atoms with Gasteiger partial charge in [-0.2, -0.15) is 11.8 Å². The quantitative estimate of drug-likeness (QED) is 0.530. The van der Waals surface area contributed by atoms with E-state index in [0.29, 0.717) is 30.8 Å². The first-order chi connectivity index (χ1) is 13.5. The van der Waals surface area contributed by atoms with Crippen molar-refractivity contribution in [2.45, 2.75) is 51.6 Å². The minimum Gasteiger partial charge on any atom is -0.298 e. The van der Waals surface area contributed by atoms with Crippen molar-refractivity contribution in [1.82, 2.24) is 9.80 Å². The third-order valence-electron chi connectivity index (χ3n) is 6.08. The van der Waals surface area contributed by atoms with E-state index in [2.05, 4.69) is 28.2 Å².